The molecule has 1 atom stereocenters. The van der Waals surface area contributed by atoms with Crippen LogP contribution in [0, 0.1) is 0 Å². The van der Waals surface area contributed by atoms with Crippen LogP contribution in [0.2, 0.25) is 0 Å². The van der Waals surface area contributed by atoms with Crippen LogP contribution in [-0.4, -0.2) is 42.4 Å². The molecule has 1 aliphatic carbocycles. The Morgan fingerprint density at radius 1 is 1.21 bits per heavy atom. The normalized spacial score (nSPS) is 26.5. The van der Waals surface area contributed by atoms with E-state index < -0.39 is 0 Å². The molecule has 2 fully saturated rings. The molecule has 1 saturated carbocycles. The van der Waals surface area contributed by atoms with Gasteiger partial charge in [-0.3, -0.25) is 4.90 Å². The summed E-state index contributed by atoms with van der Waals surface area (Å²) in [6.07, 6.45) is 6.53. The molecule has 0 spiro atoms. The summed E-state index contributed by atoms with van der Waals surface area (Å²) in [7, 11) is 1.76. The largest absolute Gasteiger partial charge is 0.496 e. The molecular weight excluding hydrogens is 300 g/mol. The second-order valence-corrected chi connectivity index (χ2v) is 7.45. The summed E-state index contributed by atoms with van der Waals surface area (Å²) in [6.45, 7) is 5.63. The van der Waals surface area contributed by atoms with E-state index in [9.17, 15) is 5.11 Å². The van der Waals surface area contributed by atoms with Crippen LogP contribution in [0.3, 0.4) is 0 Å². The molecule has 2 aliphatic rings. The molecule has 3 rings (SSSR count). The maximum Gasteiger partial charge on any atom is 0.123 e. The van der Waals surface area contributed by atoms with E-state index in [-0.39, 0.29) is 6.10 Å². The summed E-state index contributed by atoms with van der Waals surface area (Å²) in [4.78, 5) is 2.52. The number of rotatable bonds is 6. The first-order valence-electron chi connectivity index (χ1n) is 9.49. The van der Waals surface area contributed by atoms with Crippen molar-refractivity contribution in [3.8, 4) is 5.75 Å². The minimum absolute atomic E-state index is 0.0913. The van der Waals surface area contributed by atoms with E-state index in [1.807, 2.05) is 0 Å². The lowest BCUT2D eigenvalue weighted by Gasteiger charge is -2.29. The molecule has 1 aromatic carbocycles. The van der Waals surface area contributed by atoms with Crippen LogP contribution in [0.4, 0.5) is 0 Å². The van der Waals surface area contributed by atoms with Gasteiger partial charge in [-0.25, -0.2) is 0 Å². The summed E-state index contributed by atoms with van der Waals surface area (Å²) in [5, 5.41) is 13.4. The topological polar surface area (TPSA) is 44.7 Å². The van der Waals surface area contributed by atoms with Crippen molar-refractivity contribution in [1.82, 2.24) is 10.2 Å². The SMILES string of the molecule is COc1ccc(C(C)NC2CCC(O)CC2)cc1CN1CCCC1. The Balaban J connectivity index is 1.65. The molecule has 0 amide bonds. The molecule has 1 saturated heterocycles. The number of aliphatic hydroxyl groups is 1. The van der Waals surface area contributed by atoms with Crippen molar-refractivity contribution in [2.24, 2.45) is 0 Å². The molecule has 1 aromatic rings. The van der Waals surface area contributed by atoms with Gasteiger partial charge in [0.05, 0.1) is 13.2 Å². The number of hydrogen-bond acceptors (Lipinski definition) is 4. The van der Waals surface area contributed by atoms with Crippen LogP contribution in [0.1, 0.15) is 62.6 Å². The van der Waals surface area contributed by atoms with Crippen molar-refractivity contribution >= 4 is 0 Å². The van der Waals surface area contributed by atoms with E-state index in [0.717, 1.165) is 38.0 Å². The number of hydrogen-bond donors (Lipinski definition) is 2. The molecule has 1 unspecified atom stereocenters. The van der Waals surface area contributed by atoms with E-state index >= 15 is 0 Å². The molecule has 24 heavy (non-hydrogen) atoms. The molecular formula is C20H32N2O2. The van der Waals surface area contributed by atoms with Crippen molar-refractivity contribution < 1.29 is 9.84 Å². The lowest BCUT2D eigenvalue weighted by atomic mass is 9.92. The van der Waals surface area contributed by atoms with Crippen molar-refractivity contribution in [2.75, 3.05) is 20.2 Å². The van der Waals surface area contributed by atoms with Crippen molar-refractivity contribution in [3.05, 3.63) is 29.3 Å². The summed E-state index contributed by atoms with van der Waals surface area (Å²) >= 11 is 0. The van der Waals surface area contributed by atoms with Crippen LogP contribution in [0.25, 0.3) is 0 Å². The molecule has 0 radical (unpaired) electrons. The van der Waals surface area contributed by atoms with Gasteiger partial charge in [-0.2, -0.15) is 0 Å². The Morgan fingerprint density at radius 2 is 1.92 bits per heavy atom. The van der Waals surface area contributed by atoms with Gasteiger partial charge in [0.1, 0.15) is 5.75 Å². The lowest BCUT2D eigenvalue weighted by molar-refractivity contribution is 0.114. The fraction of sp³-hybridized carbons (Fsp3) is 0.700. The Bertz CT molecular complexity index is 520. The fourth-order valence-electron chi connectivity index (χ4n) is 4.07. The van der Waals surface area contributed by atoms with Gasteiger partial charge in [0, 0.05) is 24.2 Å². The van der Waals surface area contributed by atoms with Gasteiger partial charge in [0.2, 0.25) is 0 Å². The minimum atomic E-state index is -0.0913. The lowest BCUT2D eigenvalue weighted by Crippen LogP contribution is -2.36. The molecule has 4 nitrogen and oxygen atoms in total. The predicted molar refractivity (Wildman–Crippen MR) is 97.3 cm³/mol. The Kier molecular flexibility index (Phi) is 6.14. The number of ether oxygens (including phenoxy) is 1. The first-order chi connectivity index (χ1) is 11.7. The molecule has 134 valence electrons. The van der Waals surface area contributed by atoms with Gasteiger partial charge in [-0.15, -0.1) is 0 Å². The predicted octanol–water partition coefficient (Wildman–Crippen LogP) is 3.25. The van der Waals surface area contributed by atoms with Crippen LogP contribution < -0.4 is 10.1 Å². The van der Waals surface area contributed by atoms with Crippen LogP contribution >= 0.6 is 0 Å². The zero-order valence-electron chi connectivity index (χ0n) is 15.1. The second kappa shape index (κ2) is 8.32. The highest BCUT2D eigenvalue weighted by atomic mass is 16.5. The zero-order valence-corrected chi connectivity index (χ0v) is 15.1. The first-order valence-corrected chi connectivity index (χ1v) is 9.49. The standard InChI is InChI=1S/C20H32N2O2/c1-15(21-18-6-8-19(23)9-7-18)16-5-10-20(24-2)17(13-16)14-22-11-3-4-12-22/h5,10,13,15,18-19,21,23H,3-4,6-9,11-12,14H2,1-2H3. The van der Waals surface area contributed by atoms with Gasteiger partial charge < -0.3 is 15.2 Å². The molecule has 4 heteroatoms. The Labute approximate surface area is 146 Å². The van der Waals surface area contributed by atoms with Crippen molar-refractivity contribution in [3.63, 3.8) is 0 Å². The second-order valence-electron chi connectivity index (χ2n) is 7.45. The molecule has 0 bridgehead atoms. The van der Waals surface area contributed by atoms with Crippen LogP contribution in [0.5, 0.6) is 5.75 Å². The third-order valence-electron chi connectivity index (χ3n) is 5.58. The number of aliphatic hydroxyl groups excluding tert-OH is 1. The van der Waals surface area contributed by atoms with Gasteiger partial charge in [-0.05, 0) is 76.2 Å². The van der Waals surface area contributed by atoms with E-state index in [1.165, 1.54) is 37.1 Å². The third kappa shape index (κ3) is 4.50. The maximum absolute atomic E-state index is 9.66. The van der Waals surface area contributed by atoms with Crippen molar-refractivity contribution in [1.29, 1.82) is 0 Å². The van der Waals surface area contributed by atoms with Gasteiger partial charge >= 0.3 is 0 Å². The summed E-state index contributed by atoms with van der Waals surface area (Å²) in [5.74, 6) is 0.999. The molecule has 2 N–H and O–H groups in total. The highest BCUT2D eigenvalue weighted by Gasteiger charge is 2.22. The summed E-state index contributed by atoms with van der Waals surface area (Å²) in [5.41, 5.74) is 2.63. The number of benzene rings is 1. The number of nitrogens with one attached hydrogen (secondary N) is 1. The van der Waals surface area contributed by atoms with E-state index in [2.05, 4.69) is 35.3 Å². The Morgan fingerprint density at radius 3 is 2.58 bits per heavy atom. The number of nitrogens with zero attached hydrogens (tertiary/aromatic N) is 1. The van der Waals surface area contributed by atoms with Crippen molar-refractivity contribution in [2.45, 2.75) is 70.2 Å². The van der Waals surface area contributed by atoms with E-state index in [4.69, 9.17) is 4.74 Å². The zero-order chi connectivity index (χ0) is 16.9. The Hall–Kier alpha value is -1.10. The maximum atomic E-state index is 9.66. The highest BCUT2D eigenvalue weighted by Crippen LogP contribution is 2.27. The minimum Gasteiger partial charge on any atom is -0.496 e. The van der Waals surface area contributed by atoms with E-state index in [1.54, 1.807) is 7.11 Å². The average molecular weight is 332 g/mol. The van der Waals surface area contributed by atoms with Gasteiger partial charge in [0.15, 0.2) is 0 Å². The molecule has 0 aromatic heterocycles. The van der Waals surface area contributed by atoms with E-state index in [0.29, 0.717) is 12.1 Å². The third-order valence-corrected chi connectivity index (χ3v) is 5.58. The first kappa shape index (κ1) is 17.7. The van der Waals surface area contributed by atoms with Gasteiger partial charge in [-0.1, -0.05) is 6.07 Å². The molecule has 1 heterocycles. The van der Waals surface area contributed by atoms with Gasteiger partial charge in [0.25, 0.3) is 0 Å². The number of likely N-dealkylation sites (tertiary alicyclic amines) is 1. The quantitative estimate of drug-likeness (QED) is 0.839. The summed E-state index contributed by atoms with van der Waals surface area (Å²) < 4.78 is 5.58. The molecule has 1 aliphatic heterocycles. The van der Waals surface area contributed by atoms with Crippen LogP contribution in [0.15, 0.2) is 18.2 Å². The monoisotopic (exact) mass is 332 g/mol. The van der Waals surface area contributed by atoms with Crippen LogP contribution in [-0.2, 0) is 6.54 Å². The highest BCUT2D eigenvalue weighted by molar-refractivity contribution is 5.38. The number of methoxy groups -OCH3 is 1. The fourth-order valence-corrected chi connectivity index (χ4v) is 4.07. The smallest absolute Gasteiger partial charge is 0.123 e. The average Bonchev–Trinajstić information content (AvgIpc) is 3.10. The summed E-state index contributed by atoms with van der Waals surface area (Å²) in [6, 6.07) is 7.46.